The summed E-state index contributed by atoms with van der Waals surface area (Å²) in [5.74, 6) is 0. The molecule has 0 radical (unpaired) electrons. The molecule has 0 unspecified atom stereocenters. The Balaban J connectivity index is 0.866. The summed E-state index contributed by atoms with van der Waals surface area (Å²) in [6.45, 7) is 4.76. The molecule has 0 atom stereocenters. The minimum atomic E-state index is -0.140. The molecule has 0 aliphatic heterocycles. The second kappa shape index (κ2) is 12.5. The van der Waals surface area contributed by atoms with Crippen molar-refractivity contribution < 1.29 is 0 Å². The van der Waals surface area contributed by atoms with E-state index in [1.165, 1.54) is 97.7 Å². The lowest BCUT2D eigenvalue weighted by atomic mass is 9.80. The Morgan fingerprint density at radius 3 is 1.60 bits per heavy atom. The normalized spacial score (nSPS) is 13.1. The molecular weight excluding hydrogens is 721 g/mol. The summed E-state index contributed by atoms with van der Waals surface area (Å²) >= 11 is 1.89. The van der Waals surface area contributed by atoms with Gasteiger partial charge < -0.3 is 0 Å². The number of benzene rings is 9. The molecule has 1 aliphatic carbocycles. The lowest BCUT2D eigenvalue weighted by Crippen LogP contribution is -2.15. The predicted octanol–water partition coefficient (Wildman–Crippen LogP) is 15.3. The molecule has 3 heteroatoms. The Labute approximate surface area is 340 Å². The van der Waals surface area contributed by atoms with Crippen LogP contribution in [0.2, 0.25) is 0 Å². The van der Waals surface area contributed by atoms with Crippen LogP contribution in [0.1, 0.15) is 25.0 Å². The summed E-state index contributed by atoms with van der Waals surface area (Å²) in [5, 5.41) is 7.33. The molecule has 58 heavy (non-hydrogen) atoms. The van der Waals surface area contributed by atoms with Crippen molar-refractivity contribution in [1.82, 2.24) is 9.97 Å². The topological polar surface area (TPSA) is 25.8 Å². The maximum atomic E-state index is 4.74. The van der Waals surface area contributed by atoms with E-state index in [9.17, 15) is 0 Å². The van der Waals surface area contributed by atoms with Gasteiger partial charge in [0.05, 0.1) is 11.0 Å². The van der Waals surface area contributed by atoms with Gasteiger partial charge in [0.1, 0.15) is 0 Å². The maximum absolute atomic E-state index is 4.74. The fraction of sp³-hybridized carbons (Fsp3) is 0.0545. The van der Waals surface area contributed by atoms with Crippen LogP contribution in [0.15, 0.2) is 182 Å². The molecule has 2 aromatic heterocycles. The Kier molecular flexibility index (Phi) is 7.18. The Hall–Kier alpha value is -6.94. The zero-order valence-corrected chi connectivity index (χ0v) is 32.9. The molecule has 12 rings (SSSR count). The van der Waals surface area contributed by atoms with E-state index in [0.717, 1.165) is 21.8 Å². The molecule has 9 aromatic carbocycles. The third-order valence-electron chi connectivity index (χ3n) is 12.6. The van der Waals surface area contributed by atoms with Crippen LogP contribution >= 0.6 is 11.3 Å². The standard InChI is InChI=1S/C55H36N2S/c1-55(2)49-31-37(34-19-17-33(18-20-34)36-23-26-46-48(30-36)41-11-3-4-13-45(41)52-53(46)57-28-27-56-52)21-24-42(49)43-25-22-38(32-50(43)55)35-9-7-10-39(29-35)40-14-8-15-47-44-12-5-6-16-51(44)58-54(40)47/h3-32H,1-2H3. The quantitative estimate of drug-likeness (QED) is 0.167. The first-order valence-electron chi connectivity index (χ1n) is 20.0. The molecular formula is C55H36N2S. The van der Waals surface area contributed by atoms with E-state index in [1.54, 1.807) is 12.4 Å². The van der Waals surface area contributed by atoms with Gasteiger partial charge in [-0.3, -0.25) is 9.97 Å². The lowest BCUT2D eigenvalue weighted by Gasteiger charge is -2.23. The number of hydrogen-bond acceptors (Lipinski definition) is 3. The van der Waals surface area contributed by atoms with Gasteiger partial charge in [-0.05, 0) is 108 Å². The molecule has 272 valence electrons. The molecule has 0 amide bonds. The SMILES string of the molecule is CC1(C)c2cc(-c3ccc(-c4ccc5c(c4)c4ccccc4c4nccnc54)cc3)ccc2-c2ccc(-c3cccc(-c4cccc5c4sc4ccccc45)c3)cc21. The van der Waals surface area contributed by atoms with Gasteiger partial charge in [0, 0.05) is 48.8 Å². The predicted molar refractivity (Wildman–Crippen MR) is 247 cm³/mol. The van der Waals surface area contributed by atoms with Gasteiger partial charge in [0.25, 0.3) is 0 Å². The van der Waals surface area contributed by atoms with E-state index in [0.29, 0.717) is 0 Å². The fourth-order valence-corrected chi connectivity index (χ4v) is 10.8. The average Bonchev–Trinajstić information content (AvgIpc) is 3.78. The first kappa shape index (κ1) is 33.2. The Morgan fingerprint density at radius 1 is 0.362 bits per heavy atom. The zero-order valence-electron chi connectivity index (χ0n) is 32.1. The van der Waals surface area contributed by atoms with Crippen molar-refractivity contribution in [2.75, 3.05) is 0 Å². The summed E-state index contributed by atoms with van der Waals surface area (Å²) in [7, 11) is 0. The van der Waals surface area contributed by atoms with Crippen LogP contribution in [0.4, 0.5) is 0 Å². The van der Waals surface area contributed by atoms with E-state index in [1.807, 2.05) is 11.3 Å². The van der Waals surface area contributed by atoms with Crippen molar-refractivity contribution >= 4 is 64.1 Å². The molecule has 0 N–H and O–H groups in total. The lowest BCUT2D eigenvalue weighted by molar-refractivity contribution is 0.661. The van der Waals surface area contributed by atoms with Gasteiger partial charge in [-0.15, -0.1) is 11.3 Å². The van der Waals surface area contributed by atoms with Crippen molar-refractivity contribution in [2.24, 2.45) is 0 Å². The van der Waals surface area contributed by atoms with Crippen LogP contribution in [0, 0.1) is 0 Å². The molecule has 0 saturated heterocycles. The number of rotatable bonds is 4. The molecule has 2 heterocycles. The van der Waals surface area contributed by atoms with Crippen LogP contribution in [0.3, 0.4) is 0 Å². The van der Waals surface area contributed by atoms with Gasteiger partial charge >= 0.3 is 0 Å². The summed E-state index contributed by atoms with van der Waals surface area (Å²) < 4.78 is 2.69. The van der Waals surface area contributed by atoms with Crippen molar-refractivity contribution in [2.45, 2.75) is 19.3 Å². The number of fused-ring (bicyclic) bond motifs is 12. The molecule has 0 spiro atoms. The highest BCUT2D eigenvalue weighted by molar-refractivity contribution is 7.26. The summed E-state index contributed by atoms with van der Waals surface area (Å²) in [4.78, 5) is 9.44. The third-order valence-corrected chi connectivity index (χ3v) is 13.8. The molecule has 0 fully saturated rings. The number of hydrogen-bond donors (Lipinski definition) is 0. The summed E-state index contributed by atoms with van der Waals surface area (Å²) in [6, 6.07) is 63.0. The molecule has 1 aliphatic rings. The molecule has 2 nitrogen and oxygen atoms in total. The van der Waals surface area contributed by atoms with Crippen LogP contribution < -0.4 is 0 Å². The van der Waals surface area contributed by atoms with Crippen LogP contribution in [-0.4, -0.2) is 9.97 Å². The Morgan fingerprint density at radius 2 is 0.879 bits per heavy atom. The van der Waals surface area contributed by atoms with Crippen LogP contribution in [-0.2, 0) is 5.41 Å². The number of nitrogens with zero attached hydrogens (tertiary/aromatic N) is 2. The van der Waals surface area contributed by atoms with Gasteiger partial charge in [0.15, 0.2) is 0 Å². The smallest absolute Gasteiger partial charge is 0.0971 e. The first-order chi connectivity index (χ1) is 28.5. The van der Waals surface area contributed by atoms with E-state index >= 15 is 0 Å². The van der Waals surface area contributed by atoms with E-state index in [-0.39, 0.29) is 5.41 Å². The number of aromatic nitrogens is 2. The minimum absolute atomic E-state index is 0.140. The third kappa shape index (κ3) is 4.97. The highest BCUT2D eigenvalue weighted by atomic mass is 32.1. The average molecular weight is 757 g/mol. The first-order valence-corrected chi connectivity index (χ1v) is 20.8. The maximum Gasteiger partial charge on any atom is 0.0971 e. The van der Waals surface area contributed by atoms with Gasteiger partial charge in [-0.2, -0.15) is 0 Å². The molecule has 0 bridgehead atoms. The number of thiophene rings is 1. The highest BCUT2D eigenvalue weighted by Crippen LogP contribution is 2.51. The molecule has 0 saturated carbocycles. The van der Waals surface area contributed by atoms with Crippen LogP contribution in [0.5, 0.6) is 0 Å². The second-order valence-electron chi connectivity index (χ2n) is 16.1. The van der Waals surface area contributed by atoms with Gasteiger partial charge in [-0.25, -0.2) is 0 Å². The largest absolute Gasteiger partial charge is 0.252 e. The van der Waals surface area contributed by atoms with Gasteiger partial charge in [0.2, 0.25) is 0 Å². The summed E-state index contributed by atoms with van der Waals surface area (Å²) in [6.07, 6.45) is 3.57. The van der Waals surface area contributed by atoms with Crippen molar-refractivity contribution in [3.63, 3.8) is 0 Å². The fourth-order valence-electron chi connectivity index (χ4n) is 9.60. The van der Waals surface area contributed by atoms with Gasteiger partial charge in [-0.1, -0.05) is 153 Å². The van der Waals surface area contributed by atoms with Crippen LogP contribution in [0.25, 0.3) is 108 Å². The monoisotopic (exact) mass is 756 g/mol. The molecule has 11 aromatic rings. The van der Waals surface area contributed by atoms with Crippen molar-refractivity contribution in [3.05, 3.63) is 193 Å². The Bertz CT molecular complexity index is 3450. The second-order valence-corrected chi connectivity index (χ2v) is 17.2. The minimum Gasteiger partial charge on any atom is -0.252 e. The van der Waals surface area contributed by atoms with E-state index in [2.05, 4.69) is 184 Å². The summed E-state index contributed by atoms with van der Waals surface area (Å²) in [5.41, 5.74) is 17.1. The van der Waals surface area contributed by atoms with E-state index in [4.69, 9.17) is 9.97 Å². The van der Waals surface area contributed by atoms with Crippen molar-refractivity contribution in [1.29, 1.82) is 0 Å². The highest BCUT2D eigenvalue weighted by Gasteiger charge is 2.36. The van der Waals surface area contributed by atoms with Crippen molar-refractivity contribution in [3.8, 4) is 55.6 Å². The zero-order chi connectivity index (χ0) is 38.5. The van der Waals surface area contributed by atoms with E-state index < -0.39 is 0 Å².